The predicted octanol–water partition coefficient (Wildman–Crippen LogP) is 2.08. The van der Waals surface area contributed by atoms with E-state index in [0.717, 1.165) is 31.6 Å². The second-order valence-corrected chi connectivity index (χ2v) is 6.77. The van der Waals surface area contributed by atoms with Crippen molar-refractivity contribution in [3.05, 3.63) is 0 Å². The first-order valence-corrected chi connectivity index (χ1v) is 8.23. The molecular weight excluding hydrogens is 234 g/mol. The normalized spacial score (nSPS) is 28.9. The Hall–Kier alpha value is 0.0700. The van der Waals surface area contributed by atoms with Gasteiger partial charge in [0.05, 0.1) is 11.9 Å². The van der Waals surface area contributed by atoms with Gasteiger partial charge in [0.1, 0.15) is 0 Å². The minimum absolute atomic E-state index is 0.347. The molecule has 0 unspecified atom stereocenters. The summed E-state index contributed by atoms with van der Waals surface area (Å²) in [6.07, 6.45) is 5.84. The average Bonchev–Trinajstić information content (AvgIpc) is 2.38. The highest BCUT2D eigenvalue weighted by atomic mass is 32.2. The molecular formula is C13H27NO2S. The third-order valence-corrected chi connectivity index (χ3v) is 5.44. The van der Waals surface area contributed by atoms with Crippen LogP contribution in [0.1, 0.15) is 46.0 Å². The standard InChI is InChI=1S/C13H27NO2S/c1-4-11(10-16-3)14-12-8-6-7-9-13(12)17(15)5-2/h11-14H,4-10H2,1-3H3/t11-,12-,13-,17-/m1/s1. The highest BCUT2D eigenvalue weighted by Crippen LogP contribution is 2.23. The largest absolute Gasteiger partial charge is 0.383 e. The van der Waals surface area contributed by atoms with E-state index < -0.39 is 10.8 Å². The molecule has 0 aromatic carbocycles. The smallest absolute Gasteiger partial charge is 0.0615 e. The Morgan fingerprint density at radius 1 is 1.35 bits per heavy atom. The molecule has 0 amide bonds. The molecule has 102 valence electrons. The monoisotopic (exact) mass is 261 g/mol. The van der Waals surface area contributed by atoms with Gasteiger partial charge in [0, 0.05) is 35.7 Å². The van der Waals surface area contributed by atoms with Crippen molar-refractivity contribution in [3.8, 4) is 0 Å². The van der Waals surface area contributed by atoms with Gasteiger partial charge in [-0.2, -0.15) is 0 Å². The van der Waals surface area contributed by atoms with Crippen molar-refractivity contribution in [3.63, 3.8) is 0 Å². The lowest BCUT2D eigenvalue weighted by atomic mass is 9.94. The summed E-state index contributed by atoms with van der Waals surface area (Å²) in [7, 11) is 1.07. The number of nitrogens with one attached hydrogen (secondary N) is 1. The van der Waals surface area contributed by atoms with E-state index in [9.17, 15) is 4.21 Å². The van der Waals surface area contributed by atoms with Gasteiger partial charge in [-0.15, -0.1) is 0 Å². The molecule has 0 saturated heterocycles. The van der Waals surface area contributed by atoms with Crippen LogP contribution in [0.2, 0.25) is 0 Å². The van der Waals surface area contributed by atoms with Gasteiger partial charge in [-0.25, -0.2) is 0 Å². The van der Waals surface area contributed by atoms with E-state index >= 15 is 0 Å². The molecule has 0 spiro atoms. The minimum Gasteiger partial charge on any atom is -0.383 e. The van der Waals surface area contributed by atoms with Crippen LogP contribution in [0.25, 0.3) is 0 Å². The predicted molar refractivity (Wildman–Crippen MR) is 73.8 cm³/mol. The summed E-state index contributed by atoms with van der Waals surface area (Å²) in [5.74, 6) is 0.782. The van der Waals surface area contributed by atoms with Crippen LogP contribution in [0, 0.1) is 0 Å². The molecule has 0 aromatic rings. The number of hydrogen-bond donors (Lipinski definition) is 1. The Bertz CT molecular complexity index is 235. The molecule has 1 fully saturated rings. The number of ether oxygens (including phenoxy) is 1. The maximum absolute atomic E-state index is 12.0. The number of methoxy groups -OCH3 is 1. The van der Waals surface area contributed by atoms with Gasteiger partial charge in [-0.1, -0.05) is 26.7 Å². The summed E-state index contributed by atoms with van der Waals surface area (Å²) in [5.41, 5.74) is 0. The second-order valence-electron chi connectivity index (χ2n) is 4.83. The lowest BCUT2D eigenvalue weighted by molar-refractivity contribution is 0.154. The first-order chi connectivity index (χ1) is 8.22. The fourth-order valence-corrected chi connectivity index (χ4v) is 4.04. The molecule has 0 heterocycles. The van der Waals surface area contributed by atoms with Crippen LogP contribution in [0.4, 0.5) is 0 Å². The zero-order valence-electron chi connectivity index (χ0n) is 11.4. The average molecular weight is 261 g/mol. The lowest BCUT2D eigenvalue weighted by Gasteiger charge is -2.34. The maximum Gasteiger partial charge on any atom is 0.0615 e. The molecule has 4 heteroatoms. The van der Waals surface area contributed by atoms with Gasteiger partial charge in [0.25, 0.3) is 0 Å². The van der Waals surface area contributed by atoms with E-state index in [0.29, 0.717) is 17.3 Å². The van der Waals surface area contributed by atoms with Crippen molar-refractivity contribution < 1.29 is 8.95 Å². The molecule has 0 aromatic heterocycles. The van der Waals surface area contributed by atoms with Gasteiger partial charge < -0.3 is 10.1 Å². The van der Waals surface area contributed by atoms with Gasteiger partial charge >= 0.3 is 0 Å². The SMILES string of the molecule is CC[C@H](COC)N[C@@H]1CCCC[C@H]1[S@](=O)CC. The van der Waals surface area contributed by atoms with Gasteiger partial charge in [0.2, 0.25) is 0 Å². The van der Waals surface area contributed by atoms with E-state index in [1.165, 1.54) is 12.8 Å². The molecule has 1 aliphatic carbocycles. The van der Waals surface area contributed by atoms with Crippen LogP contribution in [0.5, 0.6) is 0 Å². The quantitative estimate of drug-likeness (QED) is 0.762. The molecule has 1 rings (SSSR count). The summed E-state index contributed by atoms with van der Waals surface area (Å²) in [6.45, 7) is 4.94. The first-order valence-electron chi connectivity index (χ1n) is 6.85. The summed E-state index contributed by atoms with van der Waals surface area (Å²) >= 11 is 0. The van der Waals surface area contributed by atoms with Crippen molar-refractivity contribution in [2.75, 3.05) is 19.5 Å². The maximum atomic E-state index is 12.0. The van der Waals surface area contributed by atoms with E-state index in [4.69, 9.17) is 4.74 Å². The highest BCUT2D eigenvalue weighted by Gasteiger charge is 2.30. The van der Waals surface area contributed by atoms with Crippen LogP contribution in [0.3, 0.4) is 0 Å². The van der Waals surface area contributed by atoms with Gasteiger partial charge in [0.15, 0.2) is 0 Å². The second kappa shape index (κ2) is 8.22. The molecule has 0 radical (unpaired) electrons. The molecule has 3 nitrogen and oxygen atoms in total. The molecule has 17 heavy (non-hydrogen) atoms. The molecule has 4 atom stereocenters. The third-order valence-electron chi connectivity index (χ3n) is 3.64. The van der Waals surface area contributed by atoms with Crippen LogP contribution in [-0.2, 0) is 15.5 Å². The summed E-state index contributed by atoms with van der Waals surface area (Å²) in [5, 5.41) is 4.00. The fourth-order valence-electron chi connectivity index (χ4n) is 2.60. The van der Waals surface area contributed by atoms with Gasteiger partial charge in [-0.3, -0.25) is 4.21 Å². The number of rotatable bonds is 7. The first kappa shape index (κ1) is 15.1. The third kappa shape index (κ3) is 4.68. The van der Waals surface area contributed by atoms with E-state index in [1.807, 2.05) is 6.92 Å². The van der Waals surface area contributed by atoms with Gasteiger partial charge in [-0.05, 0) is 19.3 Å². The van der Waals surface area contributed by atoms with E-state index in [1.54, 1.807) is 7.11 Å². The zero-order chi connectivity index (χ0) is 12.7. The molecule has 0 aliphatic heterocycles. The van der Waals surface area contributed by atoms with Crippen molar-refractivity contribution >= 4 is 10.8 Å². The number of hydrogen-bond acceptors (Lipinski definition) is 3. The lowest BCUT2D eigenvalue weighted by Crippen LogP contribution is -2.50. The Labute approximate surface area is 108 Å². The molecule has 1 aliphatic rings. The van der Waals surface area contributed by atoms with Crippen LogP contribution in [-0.4, -0.2) is 41.0 Å². The fraction of sp³-hybridized carbons (Fsp3) is 1.00. The highest BCUT2D eigenvalue weighted by molar-refractivity contribution is 7.85. The Morgan fingerprint density at radius 3 is 2.65 bits per heavy atom. The topological polar surface area (TPSA) is 38.3 Å². The minimum atomic E-state index is -0.669. The van der Waals surface area contributed by atoms with E-state index in [-0.39, 0.29) is 0 Å². The van der Waals surface area contributed by atoms with E-state index in [2.05, 4.69) is 12.2 Å². The zero-order valence-corrected chi connectivity index (χ0v) is 12.2. The summed E-state index contributed by atoms with van der Waals surface area (Å²) in [4.78, 5) is 0. The van der Waals surface area contributed by atoms with Crippen molar-refractivity contribution in [1.29, 1.82) is 0 Å². The van der Waals surface area contributed by atoms with Crippen LogP contribution >= 0.6 is 0 Å². The molecule has 0 bridgehead atoms. The van der Waals surface area contributed by atoms with Crippen LogP contribution in [0.15, 0.2) is 0 Å². The molecule has 1 saturated carbocycles. The van der Waals surface area contributed by atoms with Crippen LogP contribution < -0.4 is 5.32 Å². The summed E-state index contributed by atoms with van der Waals surface area (Å²) in [6, 6.07) is 0.823. The van der Waals surface area contributed by atoms with Crippen molar-refractivity contribution in [2.45, 2.75) is 63.3 Å². The summed E-state index contributed by atoms with van der Waals surface area (Å²) < 4.78 is 17.3. The Morgan fingerprint density at radius 2 is 2.06 bits per heavy atom. The van der Waals surface area contributed by atoms with Crippen molar-refractivity contribution in [1.82, 2.24) is 5.32 Å². The van der Waals surface area contributed by atoms with Crippen molar-refractivity contribution in [2.24, 2.45) is 0 Å². The molecule has 1 N–H and O–H groups in total. The Kier molecular flexibility index (Phi) is 7.32. The Balaban J connectivity index is 2.54.